The predicted molar refractivity (Wildman–Crippen MR) is 119 cm³/mol. The lowest BCUT2D eigenvalue weighted by Crippen LogP contribution is -2.36. The fraction of sp³-hybridized carbons (Fsp3) is 0.636. The maximum atomic E-state index is 12.9. The van der Waals surface area contributed by atoms with Crippen LogP contribution in [0.3, 0.4) is 0 Å². The van der Waals surface area contributed by atoms with Gasteiger partial charge in [-0.2, -0.15) is 5.10 Å². The number of aromatic nitrogens is 3. The summed E-state index contributed by atoms with van der Waals surface area (Å²) in [7, 11) is 0. The zero-order valence-electron chi connectivity index (χ0n) is 19.6. The summed E-state index contributed by atoms with van der Waals surface area (Å²) in [4.78, 5) is 31.2. The van der Waals surface area contributed by atoms with Crippen molar-refractivity contribution in [2.45, 2.75) is 78.3 Å². The van der Waals surface area contributed by atoms with Crippen LogP contribution in [-0.2, 0) is 14.2 Å². The lowest BCUT2D eigenvalue weighted by atomic mass is 10.1. The number of ether oxygens (including phenoxy) is 3. The Balaban J connectivity index is 1.83. The molecule has 0 bridgehead atoms. The zero-order valence-corrected chi connectivity index (χ0v) is 20.4. The molecule has 176 valence electrons. The Morgan fingerprint density at radius 1 is 1.16 bits per heavy atom. The molecule has 2 aromatic rings. The van der Waals surface area contributed by atoms with Crippen molar-refractivity contribution < 1.29 is 23.8 Å². The molecule has 9 nitrogen and oxygen atoms in total. The minimum atomic E-state index is -0.672. The lowest BCUT2D eigenvalue weighted by Gasteiger charge is -2.25. The smallest absolute Gasteiger partial charge is 0.410 e. The molecule has 0 unspecified atom stereocenters. The van der Waals surface area contributed by atoms with E-state index in [1.807, 2.05) is 27.7 Å². The third-order valence-corrected chi connectivity index (χ3v) is 4.87. The maximum absolute atomic E-state index is 12.9. The van der Waals surface area contributed by atoms with E-state index in [0.29, 0.717) is 30.9 Å². The number of hydrogen-bond acceptors (Lipinski definition) is 7. The van der Waals surface area contributed by atoms with Gasteiger partial charge in [-0.3, -0.25) is 0 Å². The lowest BCUT2D eigenvalue weighted by molar-refractivity contribution is -0.00923. The minimum Gasteiger partial charge on any atom is -0.456 e. The van der Waals surface area contributed by atoms with Crippen molar-refractivity contribution in [2.75, 3.05) is 13.1 Å². The summed E-state index contributed by atoms with van der Waals surface area (Å²) in [5.74, 6) is -0.522. The van der Waals surface area contributed by atoms with Crippen molar-refractivity contribution in [3.8, 4) is 0 Å². The summed E-state index contributed by atoms with van der Waals surface area (Å²) in [5, 5.41) is 4.53. The van der Waals surface area contributed by atoms with Crippen LogP contribution in [-0.4, -0.2) is 62.0 Å². The molecule has 0 aliphatic carbocycles. The van der Waals surface area contributed by atoms with Gasteiger partial charge in [0.25, 0.3) is 0 Å². The molecule has 0 aromatic carbocycles. The highest BCUT2D eigenvalue weighted by atomic mass is 35.5. The van der Waals surface area contributed by atoms with Gasteiger partial charge < -0.3 is 19.1 Å². The Bertz CT molecular complexity index is 1010. The fourth-order valence-electron chi connectivity index (χ4n) is 3.49. The van der Waals surface area contributed by atoms with Gasteiger partial charge >= 0.3 is 12.1 Å². The first-order valence-electron chi connectivity index (χ1n) is 10.6. The van der Waals surface area contributed by atoms with Gasteiger partial charge in [0.2, 0.25) is 0 Å². The van der Waals surface area contributed by atoms with Crippen LogP contribution < -0.4 is 0 Å². The standard InChI is InChI=1S/C22H31ClN4O5/c1-13(30-14-8-9-26(12-14)20(29)32-22(5,6)7)18-15(19(28)31-21(2,3)4)11-24-17-10-16(23)25-27(17)18/h10-11,13-14H,8-9,12H2,1-7H3/t13-,14+/m0/s1. The van der Waals surface area contributed by atoms with Crippen LogP contribution in [0.25, 0.3) is 5.65 Å². The highest BCUT2D eigenvalue weighted by Gasteiger charge is 2.33. The Hall–Kier alpha value is -2.39. The molecule has 1 aliphatic heterocycles. The SMILES string of the molecule is C[C@H](O[C@@H]1CCN(C(=O)OC(C)(C)C)C1)c1c(C(=O)OC(C)(C)C)cnc2cc(Cl)nn12. The van der Waals surface area contributed by atoms with Gasteiger partial charge in [-0.05, 0) is 54.9 Å². The summed E-state index contributed by atoms with van der Waals surface area (Å²) in [6, 6.07) is 1.61. The number of halogens is 1. The van der Waals surface area contributed by atoms with Crippen molar-refractivity contribution in [1.29, 1.82) is 0 Å². The number of carbonyl (C=O) groups is 2. The normalized spacial score (nSPS) is 18.1. The third-order valence-electron chi connectivity index (χ3n) is 4.69. The third kappa shape index (κ3) is 5.89. The first-order valence-corrected chi connectivity index (χ1v) is 11.0. The molecule has 2 aromatic heterocycles. The molecule has 3 heterocycles. The first-order chi connectivity index (χ1) is 14.7. The van der Waals surface area contributed by atoms with E-state index in [2.05, 4.69) is 10.1 Å². The molecule has 1 amide bonds. The van der Waals surface area contributed by atoms with Crippen LogP contribution >= 0.6 is 11.6 Å². The second kappa shape index (κ2) is 8.86. The predicted octanol–water partition coefficient (Wildman–Crippen LogP) is 4.43. The van der Waals surface area contributed by atoms with E-state index < -0.39 is 23.3 Å². The second-order valence-electron chi connectivity index (χ2n) is 9.91. The van der Waals surface area contributed by atoms with E-state index in [0.717, 1.165) is 0 Å². The van der Waals surface area contributed by atoms with Crippen LogP contribution in [0.5, 0.6) is 0 Å². The molecule has 10 heteroatoms. The quantitative estimate of drug-likeness (QED) is 0.615. The molecule has 2 atom stereocenters. The monoisotopic (exact) mass is 466 g/mol. The average molecular weight is 467 g/mol. The van der Waals surface area contributed by atoms with Gasteiger partial charge in [-0.25, -0.2) is 19.1 Å². The average Bonchev–Trinajstić information content (AvgIpc) is 3.23. The number of amides is 1. The van der Waals surface area contributed by atoms with Gasteiger partial charge in [0.05, 0.1) is 24.4 Å². The van der Waals surface area contributed by atoms with Crippen molar-refractivity contribution >= 4 is 29.3 Å². The van der Waals surface area contributed by atoms with Crippen molar-refractivity contribution in [3.63, 3.8) is 0 Å². The van der Waals surface area contributed by atoms with Crippen molar-refractivity contribution in [3.05, 3.63) is 28.7 Å². The van der Waals surface area contributed by atoms with Gasteiger partial charge in [0.1, 0.15) is 16.8 Å². The van der Waals surface area contributed by atoms with Gasteiger partial charge in [0.15, 0.2) is 10.8 Å². The Kier molecular flexibility index (Phi) is 6.72. The fourth-order valence-corrected chi connectivity index (χ4v) is 3.66. The summed E-state index contributed by atoms with van der Waals surface area (Å²) in [6.07, 6.45) is 0.981. The highest BCUT2D eigenvalue weighted by Crippen LogP contribution is 2.28. The highest BCUT2D eigenvalue weighted by molar-refractivity contribution is 6.29. The molecule has 0 spiro atoms. The van der Waals surface area contributed by atoms with E-state index in [1.165, 1.54) is 10.7 Å². The maximum Gasteiger partial charge on any atom is 0.410 e. The van der Waals surface area contributed by atoms with E-state index in [1.54, 1.807) is 31.7 Å². The molecule has 1 fully saturated rings. The molecular formula is C22H31ClN4O5. The van der Waals surface area contributed by atoms with E-state index >= 15 is 0 Å². The summed E-state index contributed by atoms with van der Waals surface area (Å²) < 4.78 is 18.8. The second-order valence-corrected chi connectivity index (χ2v) is 10.3. The number of nitrogens with zero attached hydrogens (tertiary/aromatic N) is 4. The zero-order chi connectivity index (χ0) is 23.8. The minimum absolute atomic E-state index is 0.224. The number of hydrogen-bond donors (Lipinski definition) is 0. The molecule has 3 rings (SSSR count). The van der Waals surface area contributed by atoms with Crippen LogP contribution in [0.4, 0.5) is 4.79 Å². The number of fused-ring (bicyclic) bond motifs is 1. The first kappa shape index (κ1) is 24.3. The van der Waals surface area contributed by atoms with Crippen LogP contribution in [0, 0.1) is 0 Å². The van der Waals surface area contributed by atoms with Gasteiger partial charge in [0, 0.05) is 18.8 Å². The molecule has 1 aliphatic rings. The molecule has 0 radical (unpaired) electrons. The summed E-state index contributed by atoms with van der Waals surface area (Å²) >= 11 is 6.09. The van der Waals surface area contributed by atoms with Crippen molar-refractivity contribution in [2.24, 2.45) is 0 Å². The Morgan fingerprint density at radius 2 is 1.81 bits per heavy atom. The Labute approximate surface area is 193 Å². The van der Waals surface area contributed by atoms with E-state index in [4.69, 9.17) is 25.8 Å². The largest absolute Gasteiger partial charge is 0.456 e. The van der Waals surface area contributed by atoms with Crippen LogP contribution in [0.15, 0.2) is 12.3 Å². The molecule has 32 heavy (non-hydrogen) atoms. The molecule has 0 saturated carbocycles. The number of carbonyl (C=O) groups excluding carboxylic acids is 2. The Morgan fingerprint density at radius 3 is 2.44 bits per heavy atom. The molecule has 0 N–H and O–H groups in total. The number of likely N-dealkylation sites (tertiary alicyclic amines) is 1. The number of esters is 1. The van der Waals surface area contributed by atoms with Crippen LogP contribution in [0.1, 0.15) is 77.0 Å². The summed E-state index contributed by atoms with van der Waals surface area (Å²) in [6.45, 7) is 13.6. The van der Waals surface area contributed by atoms with Gasteiger partial charge in [-0.15, -0.1) is 0 Å². The van der Waals surface area contributed by atoms with E-state index in [-0.39, 0.29) is 22.9 Å². The van der Waals surface area contributed by atoms with Gasteiger partial charge in [-0.1, -0.05) is 11.6 Å². The van der Waals surface area contributed by atoms with E-state index in [9.17, 15) is 9.59 Å². The number of rotatable bonds is 4. The van der Waals surface area contributed by atoms with Crippen LogP contribution in [0.2, 0.25) is 5.15 Å². The van der Waals surface area contributed by atoms with Crippen molar-refractivity contribution in [1.82, 2.24) is 19.5 Å². The topological polar surface area (TPSA) is 95.3 Å². The summed E-state index contributed by atoms with van der Waals surface area (Å²) in [5.41, 5.74) is 0.00505. The molecular weight excluding hydrogens is 436 g/mol. The molecule has 1 saturated heterocycles.